The molecule has 14 heavy (non-hydrogen) atoms. The summed E-state index contributed by atoms with van der Waals surface area (Å²) in [6, 6.07) is 6.60. The summed E-state index contributed by atoms with van der Waals surface area (Å²) >= 11 is 0. The van der Waals surface area contributed by atoms with Gasteiger partial charge in [-0.1, -0.05) is 12.1 Å². The molecule has 0 saturated heterocycles. The standard InChI is InChI=1S/C10H13F2NO/c1-7(13)5-8-3-2-4-9(6-8)14-10(11)12/h2-4,6-7,10H,5,13H2,1H3/t7-/m0/s1. The van der Waals surface area contributed by atoms with E-state index in [9.17, 15) is 8.78 Å². The van der Waals surface area contributed by atoms with Crippen LogP contribution < -0.4 is 10.5 Å². The van der Waals surface area contributed by atoms with Crippen molar-refractivity contribution in [3.63, 3.8) is 0 Å². The summed E-state index contributed by atoms with van der Waals surface area (Å²) in [6.07, 6.45) is 0.653. The lowest BCUT2D eigenvalue weighted by atomic mass is 10.1. The number of alkyl halides is 2. The smallest absolute Gasteiger partial charge is 0.387 e. The Bertz CT molecular complexity index is 264. The molecule has 0 saturated carbocycles. The molecule has 0 aromatic heterocycles. The molecule has 0 aliphatic heterocycles. The van der Waals surface area contributed by atoms with Gasteiger partial charge in [0.15, 0.2) is 0 Å². The number of hydrogen-bond donors (Lipinski definition) is 1. The van der Waals surface area contributed by atoms with Crippen LogP contribution in [-0.2, 0) is 6.42 Å². The van der Waals surface area contributed by atoms with E-state index >= 15 is 0 Å². The highest BCUT2D eigenvalue weighted by Crippen LogP contribution is 2.16. The van der Waals surface area contributed by atoms with Crippen molar-refractivity contribution in [1.29, 1.82) is 0 Å². The summed E-state index contributed by atoms with van der Waals surface area (Å²) < 4.78 is 28.0. The molecule has 1 aromatic carbocycles. The number of halogens is 2. The number of ether oxygens (including phenoxy) is 1. The Morgan fingerprint density at radius 2 is 2.14 bits per heavy atom. The third kappa shape index (κ3) is 3.70. The van der Waals surface area contributed by atoms with Crippen LogP contribution in [0.25, 0.3) is 0 Å². The summed E-state index contributed by atoms with van der Waals surface area (Å²) in [4.78, 5) is 0. The van der Waals surface area contributed by atoms with Crippen molar-refractivity contribution in [1.82, 2.24) is 0 Å². The largest absolute Gasteiger partial charge is 0.435 e. The third-order valence-electron chi connectivity index (χ3n) is 1.68. The van der Waals surface area contributed by atoms with Gasteiger partial charge < -0.3 is 10.5 Å². The number of benzene rings is 1. The molecule has 0 spiro atoms. The first-order chi connectivity index (χ1) is 6.58. The second kappa shape index (κ2) is 4.91. The summed E-state index contributed by atoms with van der Waals surface area (Å²) in [5.74, 6) is 0.179. The van der Waals surface area contributed by atoms with Crippen molar-refractivity contribution in [3.8, 4) is 5.75 Å². The van der Waals surface area contributed by atoms with Gasteiger partial charge >= 0.3 is 6.61 Å². The molecule has 2 N–H and O–H groups in total. The molecular weight excluding hydrogens is 188 g/mol. The van der Waals surface area contributed by atoms with E-state index in [-0.39, 0.29) is 11.8 Å². The summed E-state index contributed by atoms with van der Waals surface area (Å²) in [5.41, 5.74) is 6.49. The summed E-state index contributed by atoms with van der Waals surface area (Å²) in [5, 5.41) is 0. The molecule has 4 heteroatoms. The number of hydrogen-bond acceptors (Lipinski definition) is 2. The van der Waals surface area contributed by atoms with E-state index in [2.05, 4.69) is 4.74 Å². The molecule has 0 unspecified atom stereocenters. The molecule has 0 heterocycles. The Morgan fingerprint density at radius 3 is 2.71 bits per heavy atom. The highest BCUT2D eigenvalue weighted by atomic mass is 19.3. The average molecular weight is 201 g/mol. The van der Waals surface area contributed by atoms with Crippen LogP contribution in [0.1, 0.15) is 12.5 Å². The van der Waals surface area contributed by atoms with Crippen LogP contribution in [0.15, 0.2) is 24.3 Å². The Balaban J connectivity index is 2.68. The highest BCUT2D eigenvalue weighted by molar-refractivity contribution is 5.28. The molecule has 1 rings (SSSR count). The fourth-order valence-corrected chi connectivity index (χ4v) is 1.22. The first kappa shape index (κ1) is 10.9. The second-order valence-electron chi connectivity index (χ2n) is 3.21. The third-order valence-corrected chi connectivity index (χ3v) is 1.68. The maximum Gasteiger partial charge on any atom is 0.387 e. The first-order valence-electron chi connectivity index (χ1n) is 4.37. The van der Waals surface area contributed by atoms with Crippen LogP contribution in [0.3, 0.4) is 0 Å². The van der Waals surface area contributed by atoms with Crippen LogP contribution in [0.5, 0.6) is 5.75 Å². The van der Waals surface area contributed by atoms with E-state index in [0.717, 1.165) is 5.56 Å². The minimum absolute atomic E-state index is 0.0109. The van der Waals surface area contributed by atoms with Crippen LogP contribution in [0.4, 0.5) is 8.78 Å². The van der Waals surface area contributed by atoms with Crippen molar-refractivity contribution in [2.45, 2.75) is 26.0 Å². The molecule has 0 radical (unpaired) electrons. The van der Waals surface area contributed by atoms with E-state index in [1.54, 1.807) is 12.1 Å². The lowest BCUT2D eigenvalue weighted by molar-refractivity contribution is -0.0498. The van der Waals surface area contributed by atoms with Gasteiger partial charge in [0.25, 0.3) is 0 Å². The fraction of sp³-hybridized carbons (Fsp3) is 0.400. The van der Waals surface area contributed by atoms with Crippen molar-refractivity contribution < 1.29 is 13.5 Å². The van der Waals surface area contributed by atoms with E-state index in [1.165, 1.54) is 6.07 Å². The predicted octanol–water partition coefficient (Wildman–Crippen LogP) is 2.18. The average Bonchev–Trinajstić information content (AvgIpc) is 2.01. The van der Waals surface area contributed by atoms with Gasteiger partial charge in [-0.05, 0) is 31.0 Å². The number of nitrogens with two attached hydrogens (primary N) is 1. The minimum atomic E-state index is -2.78. The Hall–Kier alpha value is -1.16. The summed E-state index contributed by atoms with van der Waals surface area (Å²) in [7, 11) is 0. The van der Waals surface area contributed by atoms with E-state index in [1.807, 2.05) is 13.0 Å². The van der Waals surface area contributed by atoms with E-state index in [4.69, 9.17) is 5.73 Å². The van der Waals surface area contributed by atoms with Crippen LogP contribution in [0.2, 0.25) is 0 Å². The molecule has 78 valence electrons. The highest BCUT2D eigenvalue weighted by Gasteiger charge is 2.05. The molecule has 0 fully saturated rings. The van der Waals surface area contributed by atoms with Gasteiger partial charge in [-0.15, -0.1) is 0 Å². The van der Waals surface area contributed by atoms with Crippen molar-refractivity contribution in [3.05, 3.63) is 29.8 Å². The molecule has 0 aliphatic rings. The van der Waals surface area contributed by atoms with E-state index in [0.29, 0.717) is 6.42 Å². The number of rotatable bonds is 4. The molecule has 2 nitrogen and oxygen atoms in total. The zero-order valence-corrected chi connectivity index (χ0v) is 7.91. The monoisotopic (exact) mass is 201 g/mol. The Labute approximate surface area is 81.7 Å². The van der Waals surface area contributed by atoms with Gasteiger partial charge in [0, 0.05) is 6.04 Å². The molecule has 1 aromatic rings. The SMILES string of the molecule is C[C@H](N)Cc1cccc(OC(F)F)c1. The molecule has 0 aliphatic carbocycles. The Morgan fingerprint density at radius 1 is 1.43 bits per heavy atom. The molecule has 0 amide bonds. The van der Waals surface area contributed by atoms with Crippen LogP contribution >= 0.6 is 0 Å². The summed E-state index contributed by atoms with van der Waals surface area (Å²) in [6.45, 7) is -0.916. The fourth-order valence-electron chi connectivity index (χ4n) is 1.22. The van der Waals surface area contributed by atoms with Crippen molar-refractivity contribution in [2.24, 2.45) is 5.73 Å². The second-order valence-corrected chi connectivity index (χ2v) is 3.21. The van der Waals surface area contributed by atoms with Gasteiger partial charge in [-0.3, -0.25) is 0 Å². The maximum absolute atomic E-state index is 11.9. The lowest BCUT2D eigenvalue weighted by Crippen LogP contribution is -2.17. The molecular formula is C10H13F2NO. The van der Waals surface area contributed by atoms with Gasteiger partial charge in [-0.25, -0.2) is 0 Å². The van der Waals surface area contributed by atoms with Crippen LogP contribution in [0, 0.1) is 0 Å². The van der Waals surface area contributed by atoms with Crippen molar-refractivity contribution >= 4 is 0 Å². The van der Waals surface area contributed by atoms with Crippen LogP contribution in [-0.4, -0.2) is 12.7 Å². The Kier molecular flexibility index (Phi) is 3.83. The quantitative estimate of drug-likeness (QED) is 0.810. The predicted molar refractivity (Wildman–Crippen MR) is 50.4 cm³/mol. The molecule has 1 atom stereocenters. The maximum atomic E-state index is 11.9. The van der Waals surface area contributed by atoms with Crippen molar-refractivity contribution in [2.75, 3.05) is 0 Å². The van der Waals surface area contributed by atoms with Gasteiger partial charge in [0.05, 0.1) is 0 Å². The lowest BCUT2D eigenvalue weighted by Gasteiger charge is -2.08. The van der Waals surface area contributed by atoms with Gasteiger partial charge in [-0.2, -0.15) is 8.78 Å². The zero-order valence-electron chi connectivity index (χ0n) is 7.91. The van der Waals surface area contributed by atoms with Gasteiger partial charge in [0.2, 0.25) is 0 Å². The van der Waals surface area contributed by atoms with Gasteiger partial charge in [0.1, 0.15) is 5.75 Å². The molecule has 0 bridgehead atoms. The first-order valence-corrected chi connectivity index (χ1v) is 4.37. The van der Waals surface area contributed by atoms with E-state index < -0.39 is 6.61 Å². The normalized spacial score (nSPS) is 12.9. The zero-order chi connectivity index (χ0) is 10.6. The topological polar surface area (TPSA) is 35.2 Å². The minimum Gasteiger partial charge on any atom is -0.435 e.